The molecule has 0 aromatic rings. The lowest BCUT2D eigenvalue weighted by Gasteiger charge is -2.35. The molecule has 0 aromatic heterocycles. The molecule has 5 nitrogen and oxygen atoms in total. The molecule has 0 radical (unpaired) electrons. The molecule has 0 heterocycles. The Labute approximate surface area is 104 Å². The molecule has 1 amide bonds. The molecule has 0 aromatic carbocycles. The minimum Gasteiger partial charge on any atom is -0.444 e. The van der Waals surface area contributed by atoms with Crippen LogP contribution in [0.25, 0.3) is 0 Å². The first-order valence-electron chi connectivity index (χ1n) is 5.85. The van der Waals surface area contributed by atoms with Crippen molar-refractivity contribution in [3.8, 4) is 0 Å². The number of nitrogens with two attached hydrogens (primary N) is 1. The highest BCUT2D eigenvalue weighted by Gasteiger charge is 2.33. The molecule has 102 valence electrons. The van der Waals surface area contributed by atoms with Crippen LogP contribution in [0.1, 0.15) is 41.5 Å². The number of carbonyl (C=O) groups is 1. The molecule has 2 unspecified atom stereocenters. The van der Waals surface area contributed by atoms with Crippen molar-refractivity contribution in [2.45, 2.75) is 59.3 Å². The van der Waals surface area contributed by atoms with Crippen molar-refractivity contribution in [3.63, 3.8) is 0 Å². The number of aliphatic hydroxyl groups excluding tert-OH is 1. The van der Waals surface area contributed by atoms with Gasteiger partial charge >= 0.3 is 6.09 Å². The van der Waals surface area contributed by atoms with Crippen molar-refractivity contribution < 1.29 is 14.6 Å². The van der Waals surface area contributed by atoms with Crippen LogP contribution >= 0.6 is 0 Å². The van der Waals surface area contributed by atoms with Gasteiger partial charge in [-0.2, -0.15) is 0 Å². The average Bonchev–Trinajstić information content (AvgIpc) is 2.08. The smallest absolute Gasteiger partial charge is 0.407 e. The molecule has 5 heteroatoms. The molecule has 0 bridgehead atoms. The molecule has 0 aliphatic carbocycles. The van der Waals surface area contributed by atoms with Gasteiger partial charge in [-0.25, -0.2) is 4.79 Å². The number of aliphatic hydroxyl groups is 1. The van der Waals surface area contributed by atoms with Crippen LogP contribution in [0.15, 0.2) is 0 Å². The molecular weight excluding hydrogens is 220 g/mol. The summed E-state index contributed by atoms with van der Waals surface area (Å²) in [4.78, 5) is 11.7. The van der Waals surface area contributed by atoms with E-state index in [9.17, 15) is 9.90 Å². The lowest BCUT2D eigenvalue weighted by Crippen LogP contribution is -2.54. The van der Waals surface area contributed by atoms with Crippen molar-refractivity contribution in [1.29, 1.82) is 0 Å². The van der Waals surface area contributed by atoms with Gasteiger partial charge in [0.05, 0.1) is 12.1 Å². The SMILES string of the molecule is CC(C)(C)OC(=O)NC(C(O)CN)C(C)(C)C. The van der Waals surface area contributed by atoms with Crippen molar-refractivity contribution in [1.82, 2.24) is 5.32 Å². The predicted molar refractivity (Wildman–Crippen MR) is 67.7 cm³/mol. The highest BCUT2D eigenvalue weighted by molar-refractivity contribution is 5.68. The number of rotatable bonds is 3. The zero-order valence-electron chi connectivity index (χ0n) is 11.7. The third kappa shape index (κ3) is 6.48. The molecule has 0 aliphatic rings. The Bertz CT molecular complexity index is 253. The number of nitrogens with one attached hydrogen (secondary N) is 1. The van der Waals surface area contributed by atoms with Crippen LogP contribution in [0.3, 0.4) is 0 Å². The second kappa shape index (κ2) is 5.69. The van der Waals surface area contributed by atoms with E-state index in [0.717, 1.165) is 0 Å². The van der Waals surface area contributed by atoms with Crippen LogP contribution in [0.5, 0.6) is 0 Å². The van der Waals surface area contributed by atoms with Gasteiger partial charge in [-0.15, -0.1) is 0 Å². The molecule has 0 saturated carbocycles. The number of carbonyl (C=O) groups excluding carboxylic acids is 1. The summed E-state index contributed by atoms with van der Waals surface area (Å²) in [5.41, 5.74) is 4.58. The Morgan fingerprint density at radius 3 is 2.06 bits per heavy atom. The Balaban J connectivity index is 4.61. The van der Waals surface area contributed by atoms with E-state index in [0.29, 0.717) is 0 Å². The lowest BCUT2D eigenvalue weighted by molar-refractivity contribution is 0.0293. The van der Waals surface area contributed by atoms with E-state index >= 15 is 0 Å². The average molecular weight is 246 g/mol. The van der Waals surface area contributed by atoms with E-state index in [1.54, 1.807) is 20.8 Å². The maximum atomic E-state index is 11.7. The largest absolute Gasteiger partial charge is 0.444 e. The van der Waals surface area contributed by atoms with Gasteiger partial charge in [-0.3, -0.25) is 0 Å². The number of amides is 1. The summed E-state index contributed by atoms with van der Waals surface area (Å²) in [6.07, 6.45) is -1.33. The quantitative estimate of drug-likeness (QED) is 0.699. The topological polar surface area (TPSA) is 84.6 Å². The molecule has 2 atom stereocenters. The van der Waals surface area contributed by atoms with Crippen LogP contribution in [0.4, 0.5) is 4.79 Å². The number of hydrogen-bond donors (Lipinski definition) is 3. The number of hydrogen-bond acceptors (Lipinski definition) is 4. The Morgan fingerprint density at radius 1 is 1.29 bits per heavy atom. The van der Waals surface area contributed by atoms with E-state index in [2.05, 4.69) is 5.32 Å². The van der Waals surface area contributed by atoms with Gasteiger partial charge in [-0.05, 0) is 26.2 Å². The van der Waals surface area contributed by atoms with Gasteiger partial charge in [-0.1, -0.05) is 20.8 Å². The summed E-state index contributed by atoms with van der Waals surface area (Å²) in [5.74, 6) is 0. The molecule has 0 spiro atoms. The monoisotopic (exact) mass is 246 g/mol. The third-order valence-electron chi connectivity index (χ3n) is 2.23. The van der Waals surface area contributed by atoms with E-state index in [4.69, 9.17) is 10.5 Å². The van der Waals surface area contributed by atoms with Gasteiger partial charge in [0.2, 0.25) is 0 Å². The van der Waals surface area contributed by atoms with E-state index in [-0.39, 0.29) is 12.0 Å². The fourth-order valence-electron chi connectivity index (χ4n) is 1.46. The molecule has 0 aliphatic heterocycles. The van der Waals surface area contributed by atoms with Crippen molar-refractivity contribution in [2.24, 2.45) is 11.1 Å². The first-order chi connectivity index (χ1) is 7.47. The first kappa shape index (κ1) is 16.2. The molecular formula is C12H26N2O3. The third-order valence-corrected chi connectivity index (χ3v) is 2.23. The van der Waals surface area contributed by atoms with Gasteiger partial charge in [0.1, 0.15) is 5.60 Å². The maximum absolute atomic E-state index is 11.7. The highest BCUT2D eigenvalue weighted by atomic mass is 16.6. The summed E-state index contributed by atoms with van der Waals surface area (Å²) in [7, 11) is 0. The second-order valence-electron chi connectivity index (χ2n) is 6.29. The lowest BCUT2D eigenvalue weighted by atomic mass is 9.83. The second-order valence-corrected chi connectivity index (χ2v) is 6.29. The van der Waals surface area contributed by atoms with Gasteiger partial charge in [0.15, 0.2) is 0 Å². The molecule has 0 saturated heterocycles. The Morgan fingerprint density at radius 2 is 1.76 bits per heavy atom. The number of ether oxygens (including phenoxy) is 1. The normalized spacial score (nSPS) is 16.2. The molecule has 0 fully saturated rings. The minimum atomic E-state index is -0.789. The Kier molecular flexibility index (Phi) is 5.42. The van der Waals surface area contributed by atoms with Crippen LogP contribution in [0.2, 0.25) is 0 Å². The molecule has 17 heavy (non-hydrogen) atoms. The highest BCUT2D eigenvalue weighted by Crippen LogP contribution is 2.22. The maximum Gasteiger partial charge on any atom is 0.407 e. The summed E-state index contributed by atoms with van der Waals surface area (Å²) in [6, 6.07) is -0.442. The fraction of sp³-hybridized carbons (Fsp3) is 0.917. The van der Waals surface area contributed by atoms with Crippen LogP contribution < -0.4 is 11.1 Å². The van der Waals surface area contributed by atoms with E-state index < -0.39 is 23.8 Å². The summed E-state index contributed by atoms with van der Waals surface area (Å²) in [6.45, 7) is 11.2. The van der Waals surface area contributed by atoms with Crippen LogP contribution in [0, 0.1) is 5.41 Å². The van der Waals surface area contributed by atoms with E-state index in [1.165, 1.54) is 0 Å². The predicted octanol–water partition coefficient (Wildman–Crippen LogP) is 1.25. The van der Waals surface area contributed by atoms with Crippen LogP contribution in [-0.4, -0.2) is 35.5 Å². The summed E-state index contributed by atoms with van der Waals surface area (Å²) < 4.78 is 5.16. The standard InChI is InChI=1S/C12H26N2O3/c1-11(2,3)9(8(15)7-13)14-10(16)17-12(4,5)6/h8-9,15H,7,13H2,1-6H3,(H,14,16). The van der Waals surface area contributed by atoms with Crippen molar-refractivity contribution in [2.75, 3.05) is 6.54 Å². The van der Waals surface area contributed by atoms with Gasteiger partial charge in [0.25, 0.3) is 0 Å². The molecule has 4 N–H and O–H groups in total. The van der Waals surface area contributed by atoms with Gasteiger partial charge < -0.3 is 20.9 Å². The molecule has 0 rings (SSSR count). The van der Waals surface area contributed by atoms with E-state index in [1.807, 2.05) is 20.8 Å². The number of alkyl carbamates (subject to hydrolysis) is 1. The van der Waals surface area contributed by atoms with Crippen molar-refractivity contribution in [3.05, 3.63) is 0 Å². The fourth-order valence-corrected chi connectivity index (χ4v) is 1.46. The Hall–Kier alpha value is -0.810. The zero-order chi connectivity index (χ0) is 13.9. The van der Waals surface area contributed by atoms with Gasteiger partial charge in [0, 0.05) is 6.54 Å². The zero-order valence-corrected chi connectivity index (χ0v) is 11.7. The van der Waals surface area contributed by atoms with Crippen molar-refractivity contribution >= 4 is 6.09 Å². The summed E-state index contributed by atoms with van der Waals surface area (Å²) >= 11 is 0. The summed E-state index contributed by atoms with van der Waals surface area (Å²) in [5, 5.41) is 12.5. The first-order valence-corrected chi connectivity index (χ1v) is 5.85. The van der Waals surface area contributed by atoms with Crippen LogP contribution in [-0.2, 0) is 4.74 Å². The minimum absolute atomic E-state index is 0.0950.